The molecule has 6 nitrogen and oxygen atoms in total. The van der Waals surface area contributed by atoms with Gasteiger partial charge in [0.1, 0.15) is 17.1 Å². The lowest BCUT2D eigenvalue weighted by atomic mass is 10.1. The third kappa shape index (κ3) is 1.77. The van der Waals surface area contributed by atoms with Gasteiger partial charge in [-0.25, -0.2) is 0 Å². The Balaban J connectivity index is 2.78. The van der Waals surface area contributed by atoms with Crippen LogP contribution in [-0.2, 0) is 7.05 Å². The highest BCUT2D eigenvalue weighted by atomic mass is 16.3. The molecule has 0 fully saturated rings. The van der Waals surface area contributed by atoms with Crippen molar-refractivity contribution in [3.05, 3.63) is 40.2 Å². The normalized spacial score (nSPS) is 10.3. The second-order valence-electron chi connectivity index (χ2n) is 3.77. The van der Waals surface area contributed by atoms with Crippen LogP contribution in [-0.4, -0.2) is 17.5 Å². The van der Waals surface area contributed by atoms with Gasteiger partial charge in [-0.3, -0.25) is 9.59 Å². The first-order valence-corrected chi connectivity index (χ1v) is 5.31. The SMILES string of the molecule is CNc1c(C(N)=O)c(=O)cc(-c2ccco2)n1C. The molecule has 0 saturated heterocycles. The summed E-state index contributed by atoms with van der Waals surface area (Å²) in [6, 6.07) is 4.79. The lowest BCUT2D eigenvalue weighted by molar-refractivity contribution is 0.0999. The minimum Gasteiger partial charge on any atom is -0.463 e. The van der Waals surface area contributed by atoms with Crippen LogP contribution >= 0.6 is 0 Å². The van der Waals surface area contributed by atoms with Crippen LogP contribution in [0.2, 0.25) is 0 Å². The number of pyridine rings is 1. The van der Waals surface area contributed by atoms with Crippen molar-refractivity contribution in [1.82, 2.24) is 4.57 Å². The summed E-state index contributed by atoms with van der Waals surface area (Å²) in [6.07, 6.45) is 1.51. The molecular weight excluding hydrogens is 234 g/mol. The molecule has 3 N–H and O–H groups in total. The second kappa shape index (κ2) is 4.40. The standard InChI is InChI=1S/C12H13N3O3/c1-14-12-10(11(13)17)8(16)6-7(15(12)2)9-4-3-5-18-9/h3-6,14H,1-2H3,(H2,13,17). The highest BCUT2D eigenvalue weighted by Gasteiger charge is 2.18. The summed E-state index contributed by atoms with van der Waals surface area (Å²) < 4.78 is 6.90. The van der Waals surface area contributed by atoms with E-state index < -0.39 is 11.3 Å². The first-order valence-electron chi connectivity index (χ1n) is 5.31. The van der Waals surface area contributed by atoms with Gasteiger partial charge in [0.05, 0.1) is 12.0 Å². The Bertz CT molecular complexity index is 641. The van der Waals surface area contributed by atoms with Gasteiger partial charge in [-0.2, -0.15) is 0 Å². The fraction of sp³-hybridized carbons (Fsp3) is 0.167. The van der Waals surface area contributed by atoms with Gasteiger partial charge in [0.2, 0.25) is 0 Å². The molecule has 0 unspecified atom stereocenters. The number of nitrogens with two attached hydrogens (primary N) is 1. The van der Waals surface area contributed by atoms with E-state index in [-0.39, 0.29) is 5.56 Å². The Morgan fingerprint density at radius 2 is 2.22 bits per heavy atom. The number of nitrogens with one attached hydrogen (secondary N) is 1. The summed E-state index contributed by atoms with van der Waals surface area (Å²) in [5, 5.41) is 2.81. The number of aromatic nitrogens is 1. The highest BCUT2D eigenvalue weighted by molar-refractivity contribution is 5.98. The van der Waals surface area contributed by atoms with Crippen molar-refractivity contribution in [2.75, 3.05) is 12.4 Å². The van der Waals surface area contributed by atoms with Crippen molar-refractivity contribution in [3.8, 4) is 11.5 Å². The van der Waals surface area contributed by atoms with Crippen molar-refractivity contribution in [2.45, 2.75) is 0 Å². The predicted molar refractivity (Wildman–Crippen MR) is 67.4 cm³/mol. The third-order valence-corrected chi connectivity index (χ3v) is 2.70. The van der Waals surface area contributed by atoms with Gasteiger partial charge >= 0.3 is 0 Å². The number of primary amides is 1. The Kier molecular flexibility index (Phi) is 2.93. The molecule has 0 bridgehead atoms. The molecule has 6 heteroatoms. The first kappa shape index (κ1) is 12.0. The lowest BCUT2D eigenvalue weighted by Crippen LogP contribution is -2.26. The molecule has 0 spiro atoms. The number of hydrogen-bond donors (Lipinski definition) is 2. The summed E-state index contributed by atoms with van der Waals surface area (Å²) in [5.41, 5.74) is 5.29. The van der Waals surface area contributed by atoms with Crippen molar-refractivity contribution >= 4 is 11.7 Å². The monoisotopic (exact) mass is 247 g/mol. The van der Waals surface area contributed by atoms with Crippen molar-refractivity contribution in [3.63, 3.8) is 0 Å². The average molecular weight is 247 g/mol. The smallest absolute Gasteiger partial charge is 0.256 e. The number of nitrogens with zero attached hydrogens (tertiary/aromatic N) is 1. The van der Waals surface area contributed by atoms with E-state index in [0.717, 1.165) is 0 Å². The third-order valence-electron chi connectivity index (χ3n) is 2.70. The number of rotatable bonds is 3. The fourth-order valence-corrected chi connectivity index (χ4v) is 1.89. The van der Waals surface area contributed by atoms with E-state index in [1.807, 2.05) is 0 Å². The van der Waals surface area contributed by atoms with Gasteiger partial charge in [0.25, 0.3) is 5.91 Å². The summed E-state index contributed by atoms with van der Waals surface area (Å²) in [7, 11) is 3.34. The average Bonchev–Trinajstić information content (AvgIpc) is 2.84. The molecule has 2 rings (SSSR count). The molecule has 0 aliphatic carbocycles. The number of furan rings is 1. The lowest BCUT2D eigenvalue weighted by Gasteiger charge is -2.15. The predicted octanol–water partition coefficient (Wildman–Crippen LogP) is 0.786. The van der Waals surface area contributed by atoms with Gasteiger partial charge in [0, 0.05) is 20.2 Å². The largest absolute Gasteiger partial charge is 0.463 e. The second-order valence-corrected chi connectivity index (χ2v) is 3.77. The van der Waals surface area contributed by atoms with Crippen LogP contribution < -0.4 is 16.5 Å². The van der Waals surface area contributed by atoms with Gasteiger partial charge in [-0.1, -0.05) is 0 Å². The van der Waals surface area contributed by atoms with E-state index in [2.05, 4.69) is 5.32 Å². The number of amides is 1. The van der Waals surface area contributed by atoms with Crippen LogP contribution in [0.3, 0.4) is 0 Å². The minimum atomic E-state index is -0.758. The Morgan fingerprint density at radius 1 is 1.50 bits per heavy atom. The summed E-state index contributed by atoms with van der Waals surface area (Å²) in [6.45, 7) is 0. The zero-order chi connectivity index (χ0) is 13.3. The molecule has 0 aromatic carbocycles. The van der Waals surface area contributed by atoms with E-state index in [9.17, 15) is 9.59 Å². The molecule has 18 heavy (non-hydrogen) atoms. The van der Waals surface area contributed by atoms with Crippen LogP contribution in [0.25, 0.3) is 11.5 Å². The minimum absolute atomic E-state index is 0.0599. The molecule has 94 valence electrons. The van der Waals surface area contributed by atoms with Crippen molar-refractivity contribution in [1.29, 1.82) is 0 Å². The van der Waals surface area contributed by atoms with Gasteiger partial charge in [-0.05, 0) is 12.1 Å². The van der Waals surface area contributed by atoms with Crippen LogP contribution in [0.1, 0.15) is 10.4 Å². The van der Waals surface area contributed by atoms with Gasteiger partial charge in [0.15, 0.2) is 5.43 Å². The highest BCUT2D eigenvalue weighted by Crippen LogP contribution is 2.22. The number of carbonyl (C=O) groups excluding carboxylic acids is 1. The van der Waals surface area contributed by atoms with Crippen molar-refractivity contribution < 1.29 is 9.21 Å². The van der Waals surface area contributed by atoms with Crippen LogP contribution in [0.5, 0.6) is 0 Å². The molecule has 2 aromatic heterocycles. The van der Waals surface area contributed by atoms with Crippen LogP contribution in [0.4, 0.5) is 5.82 Å². The summed E-state index contributed by atoms with van der Waals surface area (Å²) in [4.78, 5) is 23.2. The zero-order valence-electron chi connectivity index (χ0n) is 10.1. The maximum atomic E-state index is 11.9. The topological polar surface area (TPSA) is 90.3 Å². The quantitative estimate of drug-likeness (QED) is 0.838. The van der Waals surface area contributed by atoms with Gasteiger partial charge in [-0.15, -0.1) is 0 Å². The molecule has 0 aliphatic rings. The first-order chi connectivity index (χ1) is 8.56. The molecular formula is C12H13N3O3. The molecule has 0 aliphatic heterocycles. The van der Waals surface area contributed by atoms with E-state index in [1.165, 1.54) is 12.3 Å². The summed E-state index contributed by atoms with van der Waals surface area (Å²) in [5.74, 6) is 0.148. The molecule has 0 saturated carbocycles. The van der Waals surface area contributed by atoms with E-state index in [4.69, 9.17) is 10.2 Å². The molecule has 2 heterocycles. The van der Waals surface area contributed by atoms with Gasteiger partial charge < -0.3 is 20.0 Å². The molecule has 0 radical (unpaired) electrons. The summed E-state index contributed by atoms with van der Waals surface area (Å²) >= 11 is 0. The molecule has 0 atom stereocenters. The van der Waals surface area contributed by atoms with Crippen LogP contribution in [0, 0.1) is 0 Å². The Labute approximate surface area is 103 Å². The number of anilines is 1. The van der Waals surface area contributed by atoms with Crippen molar-refractivity contribution in [2.24, 2.45) is 12.8 Å². The van der Waals surface area contributed by atoms with Crippen LogP contribution in [0.15, 0.2) is 33.7 Å². The van der Waals surface area contributed by atoms with E-state index in [0.29, 0.717) is 17.3 Å². The number of hydrogen-bond acceptors (Lipinski definition) is 4. The maximum absolute atomic E-state index is 11.9. The van der Waals surface area contributed by atoms with E-state index >= 15 is 0 Å². The zero-order valence-corrected chi connectivity index (χ0v) is 10.1. The van der Waals surface area contributed by atoms with E-state index in [1.54, 1.807) is 30.8 Å². The molecule has 2 aromatic rings. The Hall–Kier alpha value is -2.50. The molecule has 1 amide bonds. The maximum Gasteiger partial charge on any atom is 0.256 e. The number of carbonyl (C=O) groups is 1. The Morgan fingerprint density at radius 3 is 2.72 bits per heavy atom. The fourth-order valence-electron chi connectivity index (χ4n) is 1.89.